The molecule has 1 aromatic rings. The van der Waals surface area contributed by atoms with E-state index in [0.717, 1.165) is 23.0 Å². The molecule has 2 saturated heterocycles. The number of aliphatic hydroxyl groups excluding tert-OH is 1. The van der Waals surface area contributed by atoms with Crippen LogP contribution in [0.4, 0.5) is 0 Å². The van der Waals surface area contributed by atoms with Crippen LogP contribution in [-0.2, 0) is 4.74 Å². The minimum Gasteiger partial charge on any atom is -0.368 e. The van der Waals surface area contributed by atoms with E-state index in [1.54, 1.807) is 0 Å². The van der Waals surface area contributed by atoms with Gasteiger partial charge in [0.1, 0.15) is 0 Å². The van der Waals surface area contributed by atoms with Gasteiger partial charge in [-0.3, -0.25) is 4.90 Å². The zero-order valence-corrected chi connectivity index (χ0v) is 15.5. The zero-order valence-electron chi connectivity index (χ0n) is 14.8. The first-order chi connectivity index (χ1) is 12.2. The quantitative estimate of drug-likeness (QED) is 0.855. The Morgan fingerprint density at radius 1 is 1.16 bits per heavy atom. The van der Waals surface area contributed by atoms with E-state index >= 15 is 0 Å². The van der Waals surface area contributed by atoms with Gasteiger partial charge in [-0.25, -0.2) is 0 Å². The molecule has 3 aliphatic rings. The van der Waals surface area contributed by atoms with Crippen LogP contribution in [0.2, 0.25) is 5.02 Å². The summed E-state index contributed by atoms with van der Waals surface area (Å²) in [5.74, 6) is 0.341. The lowest BCUT2D eigenvalue weighted by Gasteiger charge is -2.40. The van der Waals surface area contributed by atoms with Crippen molar-refractivity contribution in [3.05, 3.63) is 39.9 Å². The summed E-state index contributed by atoms with van der Waals surface area (Å²) in [6.45, 7) is 3.02. The summed E-state index contributed by atoms with van der Waals surface area (Å²) in [5, 5.41) is 10.5. The predicted molar refractivity (Wildman–Crippen MR) is 102 cm³/mol. The molecule has 25 heavy (non-hydrogen) atoms. The highest BCUT2D eigenvalue weighted by Gasteiger charge is 2.27. The predicted octanol–water partition coefficient (Wildman–Crippen LogP) is 4.58. The van der Waals surface area contributed by atoms with Crippen LogP contribution in [-0.4, -0.2) is 42.0 Å². The van der Waals surface area contributed by atoms with E-state index in [-0.39, 0.29) is 0 Å². The number of hydrogen-bond acceptors (Lipinski definition) is 3. The van der Waals surface area contributed by atoms with E-state index in [0.29, 0.717) is 18.9 Å². The zero-order chi connectivity index (χ0) is 17.2. The number of halogens is 1. The van der Waals surface area contributed by atoms with E-state index in [4.69, 9.17) is 16.3 Å². The fraction of sp³-hybridized carbons (Fsp3) is 0.619. The smallest absolute Gasteiger partial charge is 0.155 e. The van der Waals surface area contributed by atoms with Crippen LogP contribution in [0.5, 0.6) is 0 Å². The lowest BCUT2D eigenvalue weighted by atomic mass is 9.88. The van der Waals surface area contributed by atoms with Gasteiger partial charge in [-0.2, -0.15) is 0 Å². The number of benzene rings is 1. The molecular weight excluding hydrogens is 334 g/mol. The third-order valence-electron chi connectivity index (χ3n) is 6.15. The van der Waals surface area contributed by atoms with Gasteiger partial charge in [0.2, 0.25) is 0 Å². The molecule has 1 aliphatic carbocycles. The highest BCUT2D eigenvalue weighted by molar-refractivity contribution is 6.32. The molecule has 1 N–H and O–H groups in total. The van der Waals surface area contributed by atoms with E-state index in [1.165, 1.54) is 56.3 Å². The maximum Gasteiger partial charge on any atom is 0.155 e. The number of likely N-dealkylation sites (tertiary alicyclic amines) is 1. The molecule has 3 fully saturated rings. The normalized spacial score (nSPS) is 28.6. The van der Waals surface area contributed by atoms with Gasteiger partial charge in [0, 0.05) is 30.6 Å². The second kappa shape index (κ2) is 7.79. The van der Waals surface area contributed by atoms with E-state index < -0.39 is 6.29 Å². The maximum atomic E-state index is 9.69. The maximum absolute atomic E-state index is 9.69. The Kier molecular flexibility index (Phi) is 5.47. The average Bonchev–Trinajstić information content (AvgIpc) is 2.57. The Balaban J connectivity index is 1.41. The minimum atomic E-state index is -0.639. The third-order valence-corrected chi connectivity index (χ3v) is 6.48. The van der Waals surface area contributed by atoms with Crippen molar-refractivity contribution in [1.29, 1.82) is 0 Å². The molecule has 2 atom stereocenters. The lowest BCUT2D eigenvalue weighted by molar-refractivity contribution is -0.129. The molecule has 2 unspecified atom stereocenters. The summed E-state index contributed by atoms with van der Waals surface area (Å²) in [6.07, 6.45) is 9.81. The second-order valence-electron chi connectivity index (χ2n) is 7.75. The Hall–Kier alpha value is -0.870. The Morgan fingerprint density at radius 2 is 1.96 bits per heavy atom. The fourth-order valence-electron chi connectivity index (χ4n) is 4.29. The van der Waals surface area contributed by atoms with E-state index in [2.05, 4.69) is 29.2 Å². The molecular formula is C21H28ClNO2. The van der Waals surface area contributed by atoms with Gasteiger partial charge in [0.25, 0.3) is 0 Å². The third kappa shape index (κ3) is 4.11. The highest BCUT2D eigenvalue weighted by Crippen LogP contribution is 2.34. The van der Waals surface area contributed by atoms with Crippen molar-refractivity contribution in [2.24, 2.45) is 0 Å². The van der Waals surface area contributed by atoms with Gasteiger partial charge in [0.15, 0.2) is 6.29 Å². The number of ether oxygens (including phenoxy) is 1. The van der Waals surface area contributed by atoms with Crippen LogP contribution >= 0.6 is 11.6 Å². The van der Waals surface area contributed by atoms with Crippen LogP contribution in [0.15, 0.2) is 23.8 Å². The molecule has 0 spiro atoms. The summed E-state index contributed by atoms with van der Waals surface area (Å²) >= 11 is 6.57. The largest absolute Gasteiger partial charge is 0.368 e. The summed E-state index contributed by atoms with van der Waals surface area (Å²) < 4.78 is 5.23. The Bertz CT molecular complexity index is 631. The topological polar surface area (TPSA) is 32.7 Å². The summed E-state index contributed by atoms with van der Waals surface area (Å²) in [4.78, 5) is 2.67. The van der Waals surface area contributed by atoms with Crippen LogP contribution in [0.25, 0.3) is 6.08 Å². The molecule has 2 aliphatic heterocycles. The first-order valence-corrected chi connectivity index (χ1v) is 10.1. The van der Waals surface area contributed by atoms with Gasteiger partial charge in [0.05, 0.1) is 6.61 Å². The Morgan fingerprint density at radius 3 is 2.60 bits per heavy atom. The van der Waals surface area contributed by atoms with Crippen LogP contribution in [0, 0.1) is 0 Å². The molecule has 0 bridgehead atoms. The monoisotopic (exact) mass is 361 g/mol. The van der Waals surface area contributed by atoms with Crippen molar-refractivity contribution in [2.75, 3.05) is 19.7 Å². The molecule has 1 saturated carbocycles. The molecule has 1 aromatic carbocycles. The number of piperidine rings is 1. The molecule has 4 heteroatoms. The Labute approximate surface area is 155 Å². The minimum absolute atomic E-state index is 0.341. The average molecular weight is 362 g/mol. The van der Waals surface area contributed by atoms with Gasteiger partial charge in [-0.1, -0.05) is 41.8 Å². The van der Waals surface area contributed by atoms with Crippen molar-refractivity contribution in [3.8, 4) is 0 Å². The lowest BCUT2D eigenvalue weighted by Crippen LogP contribution is -2.43. The molecule has 3 nitrogen and oxygen atoms in total. The first kappa shape index (κ1) is 17.5. The molecule has 0 amide bonds. The number of rotatable bonds is 3. The van der Waals surface area contributed by atoms with Crippen molar-refractivity contribution >= 4 is 17.7 Å². The standard InChI is InChI=1S/C21H28ClNO2/c22-20-13-16(17-8-11-25-21(24)14-17)4-5-18(20)12-15-6-9-23(10-7-15)19-2-1-3-19/h4-5,12-13,17,19,21,24H,1-3,6-11,14H2. The van der Waals surface area contributed by atoms with Gasteiger partial charge >= 0.3 is 0 Å². The molecule has 136 valence electrons. The SMILES string of the molecule is OC1CC(c2ccc(C=C3CCN(C4CCC4)CC3)c(Cl)c2)CCO1. The van der Waals surface area contributed by atoms with Crippen LogP contribution in [0.1, 0.15) is 62.0 Å². The van der Waals surface area contributed by atoms with Crippen molar-refractivity contribution in [3.63, 3.8) is 0 Å². The molecule has 2 heterocycles. The van der Waals surface area contributed by atoms with Gasteiger partial charge in [-0.15, -0.1) is 0 Å². The van der Waals surface area contributed by atoms with E-state index in [1.807, 2.05) is 0 Å². The fourth-order valence-corrected chi connectivity index (χ4v) is 4.53. The first-order valence-electron chi connectivity index (χ1n) is 9.71. The van der Waals surface area contributed by atoms with Gasteiger partial charge in [-0.05, 0) is 55.2 Å². The number of aliphatic hydroxyl groups is 1. The number of nitrogens with zero attached hydrogens (tertiary/aromatic N) is 1. The van der Waals surface area contributed by atoms with Crippen LogP contribution in [0.3, 0.4) is 0 Å². The van der Waals surface area contributed by atoms with E-state index in [9.17, 15) is 5.11 Å². The van der Waals surface area contributed by atoms with Crippen LogP contribution < -0.4 is 0 Å². The van der Waals surface area contributed by atoms with Crippen molar-refractivity contribution in [1.82, 2.24) is 4.90 Å². The number of hydrogen-bond donors (Lipinski definition) is 1. The summed E-state index contributed by atoms with van der Waals surface area (Å²) in [6, 6.07) is 7.26. The second-order valence-corrected chi connectivity index (χ2v) is 8.16. The summed E-state index contributed by atoms with van der Waals surface area (Å²) in [7, 11) is 0. The molecule has 4 rings (SSSR count). The summed E-state index contributed by atoms with van der Waals surface area (Å²) in [5.41, 5.74) is 3.87. The molecule has 0 radical (unpaired) electrons. The molecule has 0 aromatic heterocycles. The van der Waals surface area contributed by atoms with Gasteiger partial charge < -0.3 is 9.84 Å². The van der Waals surface area contributed by atoms with Crippen molar-refractivity contribution in [2.45, 2.75) is 63.2 Å². The van der Waals surface area contributed by atoms with Crippen molar-refractivity contribution < 1.29 is 9.84 Å². The highest BCUT2D eigenvalue weighted by atomic mass is 35.5.